The van der Waals surface area contributed by atoms with Crippen LogP contribution in [0.4, 0.5) is 10.2 Å². The van der Waals surface area contributed by atoms with Crippen molar-refractivity contribution in [2.75, 3.05) is 26.1 Å². The number of carboxylic acid groups (broad SMARTS) is 1. The van der Waals surface area contributed by atoms with Gasteiger partial charge in [-0.3, -0.25) is 0 Å². The lowest BCUT2D eigenvalue weighted by molar-refractivity contribution is 0.0697. The minimum absolute atomic E-state index is 0.0137. The summed E-state index contributed by atoms with van der Waals surface area (Å²) in [6.07, 6.45) is 0.670. The Morgan fingerprint density at radius 2 is 2.21 bits per heavy atom. The maximum absolute atomic E-state index is 13.5. The molecule has 0 fully saturated rings. The zero-order valence-electron chi connectivity index (χ0n) is 13.6. The molecule has 130 valence electrons. The van der Waals surface area contributed by atoms with E-state index in [-0.39, 0.29) is 29.0 Å². The summed E-state index contributed by atoms with van der Waals surface area (Å²) in [5.74, 6) is -1.66. The first kappa shape index (κ1) is 17.7. The van der Waals surface area contributed by atoms with Crippen molar-refractivity contribution in [3.63, 3.8) is 0 Å². The van der Waals surface area contributed by atoms with Gasteiger partial charge in [-0.2, -0.15) is 0 Å². The van der Waals surface area contributed by atoms with E-state index >= 15 is 0 Å². The fraction of sp³-hybridized carbons (Fsp3) is 0.375. The smallest absolute Gasteiger partial charge is 0.343 e. The van der Waals surface area contributed by atoms with Gasteiger partial charge < -0.3 is 24.4 Å². The SMILES string of the molecule is CCC(CNc1noc(-c2ccc(F)c(OC)c2)c1C(=O)O)OC. The van der Waals surface area contributed by atoms with Gasteiger partial charge in [0.05, 0.1) is 13.2 Å². The molecule has 7 nitrogen and oxygen atoms in total. The van der Waals surface area contributed by atoms with Crippen LogP contribution in [0.15, 0.2) is 22.7 Å². The number of aromatic carboxylic acids is 1. The normalized spacial score (nSPS) is 12.0. The number of hydrogen-bond donors (Lipinski definition) is 2. The van der Waals surface area contributed by atoms with Crippen molar-refractivity contribution < 1.29 is 28.3 Å². The number of ether oxygens (including phenoxy) is 2. The minimum Gasteiger partial charge on any atom is -0.494 e. The Morgan fingerprint density at radius 1 is 1.46 bits per heavy atom. The van der Waals surface area contributed by atoms with Crippen LogP contribution < -0.4 is 10.1 Å². The summed E-state index contributed by atoms with van der Waals surface area (Å²) in [7, 11) is 2.90. The van der Waals surface area contributed by atoms with Crippen molar-refractivity contribution in [2.24, 2.45) is 0 Å². The Balaban J connectivity index is 2.36. The summed E-state index contributed by atoms with van der Waals surface area (Å²) < 4.78 is 28.8. The molecule has 1 unspecified atom stereocenters. The first-order valence-corrected chi connectivity index (χ1v) is 7.35. The molecule has 2 rings (SSSR count). The Hall–Kier alpha value is -2.61. The van der Waals surface area contributed by atoms with Crippen molar-refractivity contribution in [3.8, 4) is 17.1 Å². The van der Waals surface area contributed by atoms with Crippen LogP contribution in [0, 0.1) is 5.82 Å². The molecule has 2 aromatic rings. The van der Waals surface area contributed by atoms with Crippen molar-refractivity contribution in [3.05, 3.63) is 29.6 Å². The number of aromatic nitrogens is 1. The molecule has 0 saturated heterocycles. The predicted molar refractivity (Wildman–Crippen MR) is 85.0 cm³/mol. The average Bonchev–Trinajstić information content (AvgIpc) is 3.00. The molecule has 2 N–H and O–H groups in total. The van der Waals surface area contributed by atoms with Crippen LogP contribution in [0.2, 0.25) is 0 Å². The van der Waals surface area contributed by atoms with Crippen LogP contribution in [0.3, 0.4) is 0 Å². The third-order valence-corrected chi connectivity index (χ3v) is 3.61. The lowest BCUT2D eigenvalue weighted by atomic mass is 10.1. The lowest BCUT2D eigenvalue weighted by Gasteiger charge is -2.13. The van der Waals surface area contributed by atoms with E-state index in [1.165, 1.54) is 25.3 Å². The second-order valence-corrected chi connectivity index (χ2v) is 5.04. The first-order valence-electron chi connectivity index (χ1n) is 7.35. The Morgan fingerprint density at radius 3 is 2.79 bits per heavy atom. The van der Waals surface area contributed by atoms with E-state index in [9.17, 15) is 14.3 Å². The zero-order chi connectivity index (χ0) is 17.7. The number of benzene rings is 1. The summed E-state index contributed by atoms with van der Waals surface area (Å²) >= 11 is 0. The molecular formula is C16H19FN2O5. The van der Waals surface area contributed by atoms with E-state index in [1.54, 1.807) is 7.11 Å². The van der Waals surface area contributed by atoms with Crippen LogP contribution in [-0.2, 0) is 4.74 Å². The summed E-state index contributed by atoms with van der Waals surface area (Å²) in [6.45, 7) is 2.33. The predicted octanol–water partition coefficient (Wildman–Crippen LogP) is 3.02. The Kier molecular flexibility index (Phi) is 5.75. The molecule has 0 amide bonds. The van der Waals surface area contributed by atoms with Crippen LogP contribution >= 0.6 is 0 Å². The summed E-state index contributed by atoms with van der Waals surface area (Å²) in [6, 6.07) is 3.93. The summed E-state index contributed by atoms with van der Waals surface area (Å²) in [5.41, 5.74) is 0.222. The fourth-order valence-electron chi connectivity index (χ4n) is 2.21. The van der Waals surface area contributed by atoms with Gasteiger partial charge in [0.15, 0.2) is 28.7 Å². The van der Waals surface area contributed by atoms with Crippen molar-refractivity contribution >= 4 is 11.8 Å². The number of nitrogens with one attached hydrogen (secondary N) is 1. The number of rotatable bonds is 8. The van der Waals surface area contributed by atoms with E-state index < -0.39 is 11.8 Å². The van der Waals surface area contributed by atoms with Gasteiger partial charge >= 0.3 is 5.97 Å². The molecule has 24 heavy (non-hydrogen) atoms. The largest absolute Gasteiger partial charge is 0.494 e. The van der Waals surface area contributed by atoms with E-state index in [0.717, 1.165) is 6.42 Å². The highest BCUT2D eigenvalue weighted by Gasteiger charge is 2.25. The van der Waals surface area contributed by atoms with Crippen LogP contribution in [-0.4, -0.2) is 43.1 Å². The second-order valence-electron chi connectivity index (χ2n) is 5.04. The van der Waals surface area contributed by atoms with Crippen molar-refractivity contribution in [1.82, 2.24) is 5.16 Å². The number of carbonyl (C=O) groups is 1. The number of hydrogen-bond acceptors (Lipinski definition) is 6. The average molecular weight is 338 g/mol. The van der Waals surface area contributed by atoms with Gasteiger partial charge in [0.2, 0.25) is 0 Å². The highest BCUT2D eigenvalue weighted by Crippen LogP contribution is 2.32. The molecule has 0 saturated carbocycles. The molecule has 1 aromatic heterocycles. The third kappa shape index (κ3) is 3.65. The molecule has 8 heteroatoms. The van der Waals surface area contributed by atoms with Gasteiger partial charge in [0.1, 0.15) is 0 Å². The Bertz CT molecular complexity index is 712. The van der Waals surface area contributed by atoms with Crippen LogP contribution in [0.1, 0.15) is 23.7 Å². The maximum Gasteiger partial charge on any atom is 0.343 e. The van der Waals surface area contributed by atoms with Crippen molar-refractivity contribution in [1.29, 1.82) is 0 Å². The minimum atomic E-state index is -1.21. The zero-order valence-corrected chi connectivity index (χ0v) is 13.6. The quantitative estimate of drug-likeness (QED) is 0.764. The Labute approximate surface area is 138 Å². The molecule has 1 atom stereocenters. The van der Waals surface area contributed by atoms with E-state index in [4.69, 9.17) is 14.0 Å². The van der Waals surface area contributed by atoms with Crippen LogP contribution in [0.5, 0.6) is 5.75 Å². The lowest BCUT2D eigenvalue weighted by Crippen LogP contribution is -2.22. The molecular weight excluding hydrogens is 319 g/mol. The highest BCUT2D eigenvalue weighted by atomic mass is 19.1. The molecule has 0 bridgehead atoms. The topological polar surface area (TPSA) is 93.8 Å². The number of methoxy groups -OCH3 is 2. The van der Waals surface area contributed by atoms with Gasteiger partial charge in [-0.05, 0) is 24.6 Å². The number of halogens is 1. The number of anilines is 1. The third-order valence-electron chi connectivity index (χ3n) is 3.61. The van der Waals surface area contributed by atoms with Gasteiger partial charge in [0, 0.05) is 19.2 Å². The van der Waals surface area contributed by atoms with Gasteiger partial charge in [-0.15, -0.1) is 0 Å². The molecule has 0 radical (unpaired) electrons. The van der Waals surface area contributed by atoms with Gasteiger partial charge in [-0.1, -0.05) is 12.1 Å². The molecule has 1 aromatic carbocycles. The number of carboxylic acids is 1. The second kappa shape index (κ2) is 7.78. The number of nitrogens with zero attached hydrogens (tertiary/aromatic N) is 1. The monoisotopic (exact) mass is 338 g/mol. The fourth-order valence-corrected chi connectivity index (χ4v) is 2.21. The molecule has 0 aliphatic rings. The maximum atomic E-state index is 13.5. The molecule has 0 aliphatic heterocycles. The van der Waals surface area contributed by atoms with Gasteiger partial charge in [0.25, 0.3) is 0 Å². The first-order chi connectivity index (χ1) is 11.5. The molecule has 0 aliphatic carbocycles. The van der Waals surface area contributed by atoms with Crippen molar-refractivity contribution in [2.45, 2.75) is 19.4 Å². The van der Waals surface area contributed by atoms with E-state index in [1.807, 2.05) is 6.92 Å². The molecule has 0 spiro atoms. The highest BCUT2D eigenvalue weighted by molar-refractivity contribution is 5.99. The summed E-state index contributed by atoms with van der Waals surface area (Å²) in [5, 5.41) is 16.2. The molecule has 1 heterocycles. The van der Waals surface area contributed by atoms with Crippen LogP contribution in [0.25, 0.3) is 11.3 Å². The van der Waals surface area contributed by atoms with E-state index in [0.29, 0.717) is 12.1 Å². The van der Waals surface area contributed by atoms with E-state index in [2.05, 4.69) is 10.5 Å². The van der Waals surface area contributed by atoms with Gasteiger partial charge in [-0.25, -0.2) is 9.18 Å². The summed E-state index contributed by atoms with van der Waals surface area (Å²) in [4.78, 5) is 11.6. The standard InChI is InChI=1S/C16H19FN2O5/c1-4-10(22-2)8-18-15-13(16(20)21)14(24-19-15)9-5-6-11(17)12(7-9)23-3/h5-7,10H,4,8H2,1-3H3,(H,18,19)(H,20,21).